The lowest BCUT2D eigenvalue weighted by Gasteiger charge is -2.22. The monoisotopic (exact) mass is 331 g/mol. The molecule has 1 aromatic carbocycles. The average Bonchev–Trinajstić information content (AvgIpc) is 2.78. The summed E-state index contributed by atoms with van der Waals surface area (Å²) in [7, 11) is 1.60. The van der Waals surface area contributed by atoms with Gasteiger partial charge in [0.25, 0.3) is 0 Å². The van der Waals surface area contributed by atoms with Gasteiger partial charge < -0.3 is 15.6 Å². The molecule has 20 heavy (non-hydrogen) atoms. The molecule has 0 amide bonds. The largest absolute Gasteiger partial charge is 0.497 e. The van der Waals surface area contributed by atoms with Crippen molar-refractivity contribution in [3.8, 4) is 5.75 Å². The minimum Gasteiger partial charge on any atom is -0.497 e. The first-order chi connectivity index (χ1) is 9.56. The van der Waals surface area contributed by atoms with Crippen molar-refractivity contribution < 1.29 is 9.84 Å². The van der Waals surface area contributed by atoms with Crippen LogP contribution < -0.4 is 10.5 Å². The summed E-state index contributed by atoms with van der Waals surface area (Å²) in [6.07, 6.45) is -0.802. The van der Waals surface area contributed by atoms with E-state index < -0.39 is 6.10 Å². The third-order valence-corrected chi connectivity index (χ3v) is 4.68. The van der Waals surface area contributed by atoms with Crippen molar-refractivity contribution in [1.82, 2.24) is 0 Å². The first kappa shape index (κ1) is 15.6. The Morgan fingerprint density at radius 1 is 1.35 bits per heavy atom. The summed E-state index contributed by atoms with van der Waals surface area (Å²) in [6, 6.07) is 9.17. The van der Waals surface area contributed by atoms with Crippen LogP contribution in [0, 0.1) is 0 Å². The number of halogens is 2. The molecular formula is C14H15Cl2NO2S. The molecule has 0 spiro atoms. The van der Waals surface area contributed by atoms with Crippen molar-refractivity contribution in [3.05, 3.63) is 50.1 Å². The Bertz CT molecular complexity index is 588. The minimum atomic E-state index is -0.802. The maximum atomic E-state index is 10.5. The van der Waals surface area contributed by atoms with Gasteiger partial charge in [0.05, 0.1) is 17.6 Å². The highest BCUT2D eigenvalue weighted by Gasteiger charge is 2.25. The van der Waals surface area contributed by atoms with Gasteiger partial charge in [0.2, 0.25) is 0 Å². The Labute approximate surface area is 131 Å². The first-order valence-electron chi connectivity index (χ1n) is 6.03. The van der Waals surface area contributed by atoms with Gasteiger partial charge in [-0.05, 0) is 23.8 Å². The molecule has 108 valence electrons. The van der Waals surface area contributed by atoms with Gasteiger partial charge in [-0.15, -0.1) is 11.3 Å². The van der Waals surface area contributed by atoms with E-state index in [4.69, 9.17) is 33.7 Å². The summed E-state index contributed by atoms with van der Waals surface area (Å²) in [4.78, 5) is 0. The number of hydrogen-bond acceptors (Lipinski definition) is 4. The first-order valence-corrected chi connectivity index (χ1v) is 7.61. The number of aliphatic hydroxyl groups is 1. The Morgan fingerprint density at radius 2 is 2.10 bits per heavy atom. The molecule has 0 saturated heterocycles. The van der Waals surface area contributed by atoms with Crippen molar-refractivity contribution in [1.29, 1.82) is 0 Å². The Balaban J connectivity index is 2.33. The van der Waals surface area contributed by atoms with Crippen LogP contribution in [0.1, 0.15) is 23.1 Å². The number of nitrogens with two attached hydrogens (primary N) is 1. The SMILES string of the molecule is COc1cccc(C(CN)C(O)c2cc(Cl)sc2Cl)c1. The second-order valence-electron chi connectivity index (χ2n) is 4.34. The molecule has 1 heterocycles. The van der Waals surface area contributed by atoms with Gasteiger partial charge in [-0.2, -0.15) is 0 Å². The molecule has 6 heteroatoms. The van der Waals surface area contributed by atoms with Gasteiger partial charge in [-0.25, -0.2) is 0 Å². The van der Waals surface area contributed by atoms with Crippen LogP contribution in [-0.4, -0.2) is 18.8 Å². The van der Waals surface area contributed by atoms with Crippen molar-refractivity contribution >= 4 is 34.5 Å². The van der Waals surface area contributed by atoms with Crippen LogP contribution in [0.2, 0.25) is 8.67 Å². The minimum absolute atomic E-state index is 0.270. The molecule has 2 unspecified atom stereocenters. The summed E-state index contributed by atoms with van der Waals surface area (Å²) in [5.41, 5.74) is 7.33. The number of aliphatic hydroxyl groups excluding tert-OH is 1. The van der Waals surface area contributed by atoms with E-state index in [0.29, 0.717) is 14.2 Å². The van der Waals surface area contributed by atoms with Gasteiger partial charge in [0.15, 0.2) is 0 Å². The summed E-state index contributed by atoms with van der Waals surface area (Å²) < 4.78 is 6.23. The zero-order valence-electron chi connectivity index (χ0n) is 10.8. The van der Waals surface area contributed by atoms with Gasteiger partial charge in [0.1, 0.15) is 10.1 Å². The Hall–Kier alpha value is -0.780. The molecule has 1 aromatic heterocycles. The topological polar surface area (TPSA) is 55.5 Å². The van der Waals surface area contributed by atoms with E-state index >= 15 is 0 Å². The predicted molar refractivity (Wildman–Crippen MR) is 84.1 cm³/mol. The predicted octanol–water partition coefficient (Wildman–Crippen LogP) is 3.84. The molecular weight excluding hydrogens is 317 g/mol. The van der Waals surface area contributed by atoms with Crippen molar-refractivity contribution in [2.75, 3.05) is 13.7 Å². The summed E-state index contributed by atoms with van der Waals surface area (Å²) in [6.45, 7) is 0.290. The van der Waals surface area contributed by atoms with E-state index in [9.17, 15) is 5.11 Å². The van der Waals surface area contributed by atoms with Crippen molar-refractivity contribution in [2.24, 2.45) is 5.73 Å². The highest BCUT2D eigenvalue weighted by molar-refractivity contribution is 7.20. The summed E-state index contributed by atoms with van der Waals surface area (Å²) in [5.74, 6) is 0.455. The van der Waals surface area contributed by atoms with Crippen LogP contribution >= 0.6 is 34.5 Å². The molecule has 0 radical (unpaired) electrons. The Kier molecular flexibility index (Phi) is 5.29. The van der Waals surface area contributed by atoms with E-state index in [-0.39, 0.29) is 12.5 Å². The molecule has 0 saturated carbocycles. The maximum absolute atomic E-state index is 10.5. The molecule has 0 aliphatic rings. The second kappa shape index (κ2) is 6.78. The van der Waals surface area contributed by atoms with Crippen LogP contribution in [0.25, 0.3) is 0 Å². The fourth-order valence-corrected chi connectivity index (χ4v) is 3.63. The zero-order chi connectivity index (χ0) is 14.7. The van der Waals surface area contributed by atoms with E-state index in [2.05, 4.69) is 0 Å². The fourth-order valence-electron chi connectivity index (χ4n) is 2.09. The molecule has 0 aliphatic heterocycles. The van der Waals surface area contributed by atoms with E-state index in [0.717, 1.165) is 11.3 Å². The lowest BCUT2D eigenvalue weighted by molar-refractivity contribution is 0.148. The molecule has 0 aliphatic carbocycles. The highest BCUT2D eigenvalue weighted by atomic mass is 35.5. The molecule has 3 nitrogen and oxygen atoms in total. The van der Waals surface area contributed by atoms with Gasteiger partial charge in [-0.1, -0.05) is 35.3 Å². The quantitative estimate of drug-likeness (QED) is 0.875. The number of methoxy groups -OCH3 is 1. The van der Waals surface area contributed by atoms with Gasteiger partial charge in [-0.3, -0.25) is 0 Å². The number of hydrogen-bond donors (Lipinski definition) is 2. The van der Waals surface area contributed by atoms with Crippen LogP contribution in [-0.2, 0) is 0 Å². The van der Waals surface area contributed by atoms with Gasteiger partial charge >= 0.3 is 0 Å². The summed E-state index contributed by atoms with van der Waals surface area (Å²) >= 11 is 13.3. The lowest BCUT2D eigenvalue weighted by atomic mass is 9.90. The third-order valence-electron chi connectivity index (χ3n) is 3.16. The van der Waals surface area contributed by atoms with Crippen molar-refractivity contribution in [2.45, 2.75) is 12.0 Å². The van der Waals surface area contributed by atoms with Gasteiger partial charge in [0, 0.05) is 18.0 Å². The van der Waals surface area contributed by atoms with E-state index in [1.165, 1.54) is 11.3 Å². The fraction of sp³-hybridized carbons (Fsp3) is 0.286. The molecule has 3 N–H and O–H groups in total. The normalized spacial score (nSPS) is 14.1. The zero-order valence-corrected chi connectivity index (χ0v) is 13.2. The van der Waals surface area contributed by atoms with Crippen LogP contribution in [0.5, 0.6) is 5.75 Å². The molecule has 0 bridgehead atoms. The maximum Gasteiger partial charge on any atom is 0.119 e. The van der Waals surface area contributed by atoms with Crippen LogP contribution in [0.4, 0.5) is 0 Å². The standard InChI is InChI=1S/C14H15Cl2NO2S/c1-19-9-4-2-3-8(5-9)11(7-17)13(18)10-6-12(15)20-14(10)16/h2-6,11,13,18H,7,17H2,1H3. The smallest absolute Gasteiger partial charge is 0.119 e. The number of benzene rings is 1. The molecule has 2 atom stereocenters. The van der Waals surface area contributed by atoms with Crippen molar-refractivity contribution in [3.63, 3.8) is 0 Å². The third kappa shape index (κ3) is 3.27. The van der Waals surface area contributed by atoms with Crippen LogP contribution in [0.15, 0.2) is 30.3 Å². The van der Waals surface area contributed by atoms with E-state index in [1.807, 2.05) is 24.3 Å². The van der Waals surface area contributed by atoms with E-state index in [1.54, 1.807) is 13.2 Å². The highest BCUT2D eigenvalue weighted by Crippen LogP contribution is 2.40. The molecule has 2 rings (SSSR count). The van der Waals surface area contributed by atoms with Crippen LogP contribution in [0.3, 0.4) is 0 Å². The second-order valence-corrected chi connectivity index (χ2v) is 6.63. The number of thiophene rings is 1. The molecule has 2 aromatic rings. The molecule has 0 fully saturated rings. The average molecular weight is 332 g/mol. The lowest BCUT2D eigenvalue weighted by Crippen LogP contribution is -2.20. The number of rotatable bonds is 5. The summed E-state index contributed by atoms with van der Waals surface area (Å²) in [5, 5.41) is 10.5. The number of ether oxygens (including phenoxy) is 1. The Morgan fingerprint density at radius 3 is 2.65 bits per heavy atom.